The number of aromatic nitrogens is 2. The van der Waals surface area contributed by atoms with E-state index < -0.39 is 18.1 Å². The van der Waals surface area contributed by atoms with Crippen LogP contribution in [0.4, 0.5) is 15.8 Å². The van der Waals surface area contributed by atoms with Gasteiger partial charge in [-0.2, -0.15) is 4.39 Å². The number of fused-ring (bicyclic) bond motifs is 2. The van der Waals surface area contributed by atoms with Gasteiger partial charge in [-0.15, -0.1) is 0 Å². The number of nitrogens with one attached hydrogen (secondary N) is 2. The highest BCUT2D eigenvalue weighted by Crippen LogP contribution is 2.43. The Morgan fingerprint density at radius 2 is 2.06 bits per heavy atom. The average molecular weight is 453 g/mol. The van der Waals surface area contributed by atoms with Gasteiger partial charge in [-0.1, -0.05) is 0 Å². The van der Waals surface area contributed by atoms with E-state index in [2.05, 4.69) is 27.4 Å². The number of hydrogen-bond donors (Lipinski definition) is 3. The zero-order valence-electron chi connectivity index (χ0n) is 19.0. The van der Waals surface area contributed by atoms with Crippen molar-refractivity contribution in [3.8, 4) is 0 Å². The van der Waals surface area contributed by atoms with Gasteiger partial charge in [0.1, 0.15) is 11.9 Å². The Morgan fingerprint density at radius 3 is 2.79 bits per heavy atom. The molecule has 2 aromatic heterocycles. The minimum absolute atomic E-state index is 0.0759. The molecule has 1 unspecified atom stereocenters. The summed E-state index contributed by atoms with van der Waals surface area (Å²) in [7, 11) is 1.50. The summed E-state index contributed by atoms with van der Waals surface area (Å²) in [6, 6.07) is 3.18. The summed E-state index contributed by atoms with van der Waals surface area (Å²) in [5.41, 5.74) is 6.98. The number of hydrogen-bond acceptors (Lipinski definition) is 7. The minimum atomic E-state index is -0.621. The third-order valence-corrected chi connectivity index (χ3v) is 7.00. The van der Waals surface area contributed by atoms with Crippen molar-refractivity contribution in [1.82, 2.24) is 20.2 Å². The Labute approximate surface area is 192 Å². The second-order valence-corrected chi connectivity index (χ2v) is 8.89. The zero-order chi connectivity index (χ0) is 23.1. The molecule has 0 radical (unpaired) electrons. The molecule has 0 saturated carbocycles. The number of rotatable bonds is 4. The van der Waals surface area contributed by atoms with Crippen LogP contribution in [0.1, 0.15) is 46.6 Å². The van der Waals surface area contributed by atoms with Crippen molar-refractivity contribution in [2.24, 2.45) is 0 Å². The fraction of sp³-hybridized carbons (Fsp3) is 0.458. The fourth-order valence-corrected chi connectivity index (χ4v) is 5.08. The summed E-state index contributed by atoms with van der Waals surface area (Å²) in [5, 5.41) is 16.2. The minimum Gasteiger partial charge on any atom is -0.370 e. The van der Waals surface area contributed by atoms with E-state index in [1.807, 2.05) is 11.1 Å². The molecule has 1 amide bonds. The molecule has 2 aliphatic heterocycles. The molecule has 1 atom stereocenters. The molecule has 3 aliphatic rings. The van der Waals surface area contributed by atoms with Gasteiger partial charge in [-0.05, 0) is 60.6 Å². The van der Waals surface area contributed by atoms with E-state index in [4.69, 9.17) is 4.98 Å². The largest absolute Gasteiger partial charge is 0.370 e. The van der Waals surface area contributed by atoms with Crippen LogP contribution >= 0.6 is 0 Å². The summed E-state index contributed by atoms with van der Waals surface area (Å²) in [5.74, 6) is -1.02. The smallest absolute Gasteiger partial charge is 0.269 e. The number of halogens is 1. The quantitative estimate of drug-likeness (QED) is 0.613. The van der Waals surface area contributed by atoms with Gasteiger partial charge in [0.25, 0.3) is 5.91 Å². The van der Waals surface area contributed by atoms with Crippen molar-refractivity contribution >= 4 is 22.9 Å². The highest BCUT2D eigenvalue weighted by molar-refractivity contribution is 5.92. The number of piperazine rings is 1. The van der Waals surface area contributed by atoms with Crippen LogP contribution in [-0.2, 0) is 6.54 Å². The summed E-state index contributed by atoms with van der Waals surface area (Å²) < 4.78 is 14.5. The molecule has 8 nitrogen and oxygen atoms in total. The first-order valence-corrected chi connectivity index (χ1v) is 11.5. The number of carbonyl (C=O) groups excluding carboxylic acids is 1. The van der Waals surface area contributed by atoms with Gasteiger partial charge >= 0.3 is 0 Å². The first kappa shape index (κ1) is 21.8. The lowest BCUT2D eigenvalue weighted by molar-refractivity contribution is 0.0957. The van der Waals surface area contributed by atoms with Crippen molar-refractivity contribution in [2.45, 2.75) is 39.0 Å². The monoisotopic (exact) mass is 452 g/mol. The van der Waals surface area contributed by atoms with Crippen LogP contribution in [0.2, 0.25) is 0 Å². The molecule has 0 aromatic carbocycles. The predicted molar refractivity (Wildman–Crippen MR) is 124 cm³/mol. The fourth-order valence-electron chi connectivity index (χ4n) is 5.08. The van der Waals surface area contributed by atoms with Gasteiger partial charge in [-0.25, -0.2) is 4.98 Å². The molecule has 2 aromatic rings. The Bertz CT molecular complexity index is 1130. The van der Waals surface area contributed by atoms with Crippen molar-refractivity contribution in [3.05, 3.63) is 52.4 Å². The van der Waals surface area contributed by atoms with Crippen LogP contribution in [0.15, 0.2) is 23.9 Å². The SMILES string of the molecule is CNC(=O)c1ccc(N2CCN(Cc3cnc4c(c3C)NC(O)C3=C4CCC3)CC2)c(F)n1. The van der Waals surface area contributed by atoms with Crippen LogP contribution < -0.4 is 15.5 Å². The van der Waals surface area contributed by atoms with Crippen molar-refractivity contribution in [3.63, 3.8) is 0 Å². The van der Waals surface area contributed by atoms with E-state index in [1.54, 1.807) is 12.1 Å². The molecule has 1 aliphatic carbocycles. The third kappa shape index (κ3) is 3.95. The van der Waals surface area contributed by atoms with E-state index in [0.717, 1.165) is 67.0 Å². The van der Waals surface area contributed by atoms with Gasteiger partial charge < -0.3 is 20.6 Å². The van der Waals surface area contributed by atoms with Crippen LogP contribution in [-0.4, -0.2) is 65.3 Å². The van der Waals surface area contributed by atoms with Gasteiger partial charge in [0.15, 0.2) is 0 Å². The molecule has 1 fully saturated rings. The standard InChI is InChI=1S/C24H29FN6O2/c1-14-15(12-27-21-16-4-3-5-17(16)23(32)29-20(14)21)13-30-8-10-31(11-9-30)19-7-6-18(24(33)26-2)28-22(19)25/h6-7,12,23,29,32H,3-5,8-11,13H2,1-2H3,(H,26,33). The maximum Gasteiger partial charge on any atom is 0.269 e. The highest BCUT2D eigenvalue weighted by atomic mass is 19.1. The summed E-state index contributed by atoms with van der Waals surface area (Å²) >= 11 is 0. The molecular formula is C24H29FN6O2. The van der Waals surface area contributed by atoms with Gasteiger partial charge in [0, 0.05) is 46.0 Å². The number of carbonyl (C=O) groups is 1. The molecule has 33 heavy (non-hydrogen) atoms. The summed E-state index contributed by atoms with van der Waals surface area (Å²) in [4.78, 5) is 24.6. The van der Waals surface area contributed by atoms with Crippen LogP contribution in [0, 0.1) is 12.9 Å². The van der Waals surface area contributed by atoms with E-state index in [0.29, 0.717) is 18.8 Å². The number of pyridine rings is 2. The maximum atomic E-state index is 14.5. The zero-order valence-corrected chi connectivity index (χ0v) is 19.0. The molecule has 174 valence electrons. The molecular weight excluding hydrogens is 423 g/mol. The molecule has 1 saturated heterocycles. The second kappa shape index (κ2) is 8.72. The van der Waals surface area contributed by atoms with Gasteiger partial charge in [0.2, 0.25) is 5.95 Å². The Kier molecular flexibility index (Phi) is 5.76. The van der Waals surface area contributed by atoms with Crippen LogP contribution in [0.3, 0.4) is 0 Å². The highest BCUT2D eigenvalue weighted by Gasteiger charge is 2.31. The van der Waals surface area contributed by atoms with Crippen molar-refractivity contribution in [1.29, 1.82) is 0 Å². The van der Waals surface area contributed by atoms with E-state index in [-0.39, 0.29) is 5.69 Å². The lowest BCUT2D eigenvalue weighted by Crippen LogP contribution is -2.46. The van der Waals surface area contributed by atoms with E-state index in [1.165, 1.54) is 12.6 Å². The van der Waals surface area contributed by atoms with Crippen LogP contribution in [0.25, 0.3) is 5.57 Å². The molecule has 0 bridgehead atoms. The summed E-state index contributed by atoms with van der Waals surface area (Å²) in [6.07, 6.45) is 4.32. The van der Waals surface area contributed by atoms with Gasteiger partial charge in [0.05, 0.1) is 17.1 Å². The molecule has 9 heteroatoms. The number of anilines is 2. The summed E-state index contributed by atoms with van der Waals surface area (Å²) in [6.45, 7) is 5.73. The Hall–Kier alpha value is -3.04. The third-order valence-electron chi connectivity index (χ3n) is 7.00. The number of aliphatic hydroxyl groups is 1. The van der Waals surface area contributed by atoms with Crippen LogP contribution in [0.5, 0.6) is 0 Å². The first-order valence-electron chi connectivity index (χ1n) is 11.5. The van der Waals surface area contributed by atoms with E-state index >= 15 is 0 Å². The van der Waals surface area contributed by atoms with Crippen molar-refractivity contribution in [2.75, 3.05) is 43.4 Å². The first-order chi connectivity index (χ1) is 16.0. The lowest BCUT2D eigenvalue weighted by Gasteiger charge is -2.36. The van der Waals surface area contributed by atoms with Gasteiger partial charge in [-0.3, -0.25) is 14.7 Å². The molecule has 0 spiro atoms. The number of allylic oxidation sites excluding steroid dienone is 1. The predicted octanol–water partition coefficient (Wildman–Crippen LogP) is 2.29. The molecule has 4 heterocycles. The second-order valence-electron chi connectivity index (χ2n) is 8.89. The molecule has 5 rings (SSSR count). The number of amides is 1. The average Bonchev–Trinajstić information content (AvgIpc) is 3.32. The maximum absolute atomic E-state index is 14.5. The lowest BCUT2D eigenvalue weighted by atomic mass is 9.96. The normalized spacial score (nSPS) is 20.4. The van der Waals surface area contributed by atoms with E-state index in [9.17, 15) is 14.3 Å². The topological polar surface area (TPSA) is 93.6 Å². The number of aliphatic hydroxyl groups excluding tert-OH is 1. The molecule has 3 N–H and O–H groups in total. The Balaban J connectivity index is 1.26. The number of nitrogens with zero attached hydrogens (tertiary/aromatic N) is 4. The van der Waals surface area contributed by atoms with Crippen molar-refractivity contribution < 1.29 is 14.3 Å². The Morgan fingerprint density at radius 1 is 1.27 bits per heavy atom.